The number of rotatable bonds is 5. The van der Waals surface area contributed by atoms with E-state index < -0.39 is 0 Å². The molecule has 0 saturated heterocycles. The van der Waals surface area contributed by atoms with Crippen molar-refractivity contribution in [2.24, 2.45) is 0 Å². The quantitative estimate of drug-likeness (QED) is 0.182. The highest BCUT2D eigenvalue weighted by Gasteiger charge is 2.13. The van der Waals surface area contributed by atoms with Gasteiger partial charge in [0, 0.05) is 0 Å². The van der Waals surface area contributed by atoms with E-state index in [0.717, 1.165) is 12.8 Å². The maximum Gasteiger partial charge on any atom is -0.00240 e. The Labute approximate surface area is 261 Å². The third-order valence-corrected chi connectivity index (χ3v) is 7.65. The molecule has 0 heteroatoms. The maximum absolute atomic E-state index is 2.36. The van der Waals surface area contributed by atoms with Crippen molar-refractivity contribution >= 4 is 21.5 Å². The van der Waals surface area contributed by atoms with Crippen LogP contribution in [0.2, 0.25) is 0 Å². The van der Waals surface area contributed by atoms with Gasteiger partial charge in [-0.15, -0.1) is 0 Å². The molecular formula is C43H50. The molecule has 0 bridgehead atoms. The minimum absolute atomic E-state index is 1.09. The minimum Gasteiger partial charge on any atom is -0.0683 e. The molecule has 222 valence electrons. The summed E-state index contributed by atoms with van der Waals surface area (Å²) in [6.45, 7) is 16.8. The van der Waals surface area contributed by atoms with E-state index in [4.69, 9.17) is 0 Å². The molecule has 0 aliphatic carbocycles. The van der Waals surface area contributed by atoms with E-state index in [-0.39, 0.29) is 0 Å². The van der Waals surface area contributed by atoms with E-state index in [1.54, 1.807) is 0 Å². The third-order valence-electron chi connectivity index (χ3n) is 7.65. The first kappa shape index (κ1) is 33.3. The van der Waals surface area contributed by atoms with Crippen LogP contribution in [0.5, 0.6) is 0 Å². The van der Waals surface area contributed by atoms with E-state index in [2.05, 4.69) is 149 Å². The fraction of sp³-hybridized carbons (Fsp3) is 0.256. The van der Waals surface area contributed by atoms with E-state index in [1.807, 2.05) is 27.7 Å². The lowest BCUT2D eigenvalue weighted by atomic mass is 9.88. The minimum atomic E-state index is 1.09. The molecule has 0 nitrogen and oxygen atoms in total. The van der Waals surface area contributed by atoms with Gasteiger partial charge in [-0.2, -0.15) is 0 Å². The summed E-state index contributed by atoms with van der Waals surface area (Å²) in [5.41, 5.74) is 11.1. The first-order valence-electron chi connectivity index (χ1n) is 16.2. The van der Waals surface area contributed by atoms with Gasteiger partial charge in [-0.25, -0.2) is 0 Å². The number of aryl methyl sites for hydroxylation is 4. The van der Waals surface area contributed by atoms with Crippen molar-refractivity contribution in [1.82, 2.24) is 0 Å². The fourth-order valence-corrected chi connectivity index (χ4v) is 5.71. The summed E-state index contributed by atoms with van der Waals surface area (Å²) in [4.78, 5) is 0. The predicted molar refractivity (Wildman–Crippen MR) is 194 cm³/mol. The van der Waals surface area contributed by atoms with E-state index in [9.17, 15) is 0 Å². The zero-order valence-corrected chi connectivity index (χ0v) is 27.7. The second-order valence-electron chi connectivity index (χ2n) is 10.4. The Morgan fingerprint density at radius 3 is 1.58 bits per heavy atom. The zero-order valence-electron chi connectivity index (χ0n) is 27.7. The second-order valence-corrected chi connectivity index (χ2v) is 10.4. The largest absolute Gasteiger partial charge is 0.0683 e. The molecule has 0 heterocycles. The standard InChI is InChI=1S/C24H22.C15H16.2C2H6/c1-3-8-18-15-17(2)13-14-23(18)24-21-11-6-4-9-19(21)16-20-10-5-7-12-22(20)24;1-3-13-9-5-7-11-15(13)14-10-6-4-8-12(14)2;2*1-2/h4-7,9-16H,3,8H2,1-2H3;4-11H,3H2,1-2H3;2*1-2H3. The fourth-order valence-electron chi connectivity index (χ4n) is 5.71. The Morgan fingerprint density at radius 1 is 0.465 bits per heavy atom. The van der Waals surface area contributed by atoms with Crippen LogP contribution in [0, 0.1) is 13.8 Å². The molecule has 0 saturated carbocycles. The average Bonchev–Trinajstić information content (AvgIpc) is 3.06. The highest BCUT2D eigenvalue weighted by molar-refractivity contribution is 6.13. The number of benzene rings is 6. The molecule has 0 N–H and O–H groups in total. The van der Waals surface area contributed by atoms with Gasteiger partial charge >= 0.3 is 0 Å². The van der Waals surface area contributed by atoms with Crippen LogP contribution in [0.4, 0.5) is 0 Å². The summed E-state index contributed by atoms with van der Waals surface area (Å²) in [6.07, 6.45) is 3.37. The summed E-state index contributed by atoms with van der Waals surface area (Å²) < 4.78 is 0. The van der Waals surface area contributed by atoms with Crippen LogP contribution in [0.1, 0.15) is 70.2 Å². The number of fused-ring (bicyclic) bond motifs is 2. The van der Waals surface area contributed by atoms with Crippen molar-refractivity contribution in [2.75, 3.05) is 0 Å². The average molecular weight is 567 g/mol. The molecule has 0 atom stereocenters. The normalized spacial score (nSPS) is 10.1. The molecule has 43 heavy (non-hydrogen) atoms. The Balaban J connectivity index is 0.000000230. The van der Waals surface area contributed by atoms with Crippen molar-refractivity contribution in [2.45, 2.75) is 74.7 Å². The summed E-state index contributed by atoms with van der Waals surface area (Å²) in [7, 11) is 0. The Hall–Kier alpha value is -4.16. The number of hydrogen-bond donors (Lipinski definition) is 0. The lowest BCUT2D eigenvalue weighted by Gasteiger charge is -2.16. The van der Waals surface area contributed by atoms with Gasteiger partial charge in [0.15, 0.2) is 0 Å². The Kier molecular flexibility index (Phi) is 13.2. The van der Waals surface area contributed by atoms with Gasteiger partial charge < -0.3 is 0 Å². The molecule has 0 radical (unpaired) electrons. The molecule has 0 unspecified atom stereocenters. The maximum atomic E-state index is 2.36. The second kappa shape index (κ2) is 17.1. The predicted octanol–water partition coefficient (Wildman–Crippen LogP) is 13.2. The van der Waals surface area contributed by atoms with Crippen LogP contribution in [-0.2, 0) is 12.8 Å². The molecule has 0 aliphatic rings. The van der Waals surface area contributed by atoms with E-state index in [1.165, 1.54) is 72.5 Å². The van der Waals surface area contributed by atoms with Crippen molar-refractivity contribution in [3.63, 3.8) is 0 Å². The van der Waals surface area contributed by atoms with Crippen LogP contribution in [0.3, 0.4) is 0 Å². The van der Waals surface area contributed by atoms with Gasteiger partial charge in [-0.1, -0.05) is 169 Å². The van der Waals surface area contributed by atoms with Crippen LogP contribution in [-0.4, -0.2) is 0 Å². The number of hydrogen-bond acceptors (Lipinski definition) is 0. The topological polar surface area (TPSA) is 0 Å². The molecule has 0 amide bonds. The van der Waals surface area contributed by atoms with E-state index >= 15 is 0 Å². The molecule has 0 aliphatic heterocycles. The SMILES string of the molecule is CC.CC.CCCc1cc(C)ccc1-c1c2ccccc2cc2ccccc12.CCc1ccccc1-c1ccccc1C. The van der Waals surface area contributed by atoms with Crippen molar-refractivity contribution in [3.8, 4) is 22.3 Å². The van der Waals surface area contributed by atoms with Gasteiger partial charge in [0.25, 0.3) is 0 Å². The lowest BCUT2D eigenvalue weighted by molar-refractivity contribution is 0.922. The molecule has 0 aromatic heterocycles. The van der Waals surface area contributed by atoms with Gasteiger partial charge in [0.1, 0.15) is 0 Å². The molecule has 6 aromatic rings. The third kappa shape index (κ3) is 8.02. The highest BCUT2D eigenvalue weighted by Crippen LogP contribution is 2.38. The summed E-state index contributed by atoms with van der Waals surface area (Å²) in [5, 5.41) is 5.32. The monoisotopic (exact) mass is 566 g/mol. The Morgan fingerprint density at radius 2 is 1.00 bits per heavy atom. The molecule has 6 aromatic carbocycles. The van der Waals surface area contributed by atoms with Crippen LogP contribution < -0.4 is 0 Å². The van der Waals surface area contributed by atoms with Gasteiger partial charge in [0.2, 0.25) is 0 Å². The van der Waals surface area contributed by atoms with Crippen molar-refractivity contribution < 1.29 is 0 Å². The molecule has 6 rings (SSSR count). The zero-order chi connectivity index (χ0) is 31.2. The molecular weight excluding hydrogens is 516 g/mol. The van der Waals surface area contributed by atoms with Gasteiger partial charge in [0.05, 0.1) is 0 Å². The van der Waals surface area contributed by atoms with Gasteiger partial charge in [-0.05, 0) is 93.2 Å². The highest BCUT2D eigenvalue weighted by atomic mass is 14.2. The van der Waals surface area contributed by atoms with Crippen LogP contribution in [0.15, 0.2) is 121 Å². The lowest BCUT2D eigenvalue weighted by Crippen LogP contribution is -1.93. The summed E-state index contributed by atoms with van der Waals surface area (Å²) in [6, 6.07) is 43.9. The first-order chi connectivity index (χ1) is 21.1. The van der Waals surface area contributed by atoms with Crippen molar-refractivity contribution in [1.29, 1.82) is 0 Å². The van der Waals surface area contributed by atoms with Crippen molar-refractivity contribution in [3.05, 3.63) is 144 Å². The molecule has 0 spiro atoms. The smallest absolute Gasteiger partial charge is 0.00240 e. The Bertz CT molecular complexity index is 1670. The first-order valence-corrected chi connectivity index (χ1v) is 16.2. The summed E-state index contributed by atoms with van der Waals surface area (Å²) in [5.74, 6) is 0. The summed E-state index contributed by atoms with van der Waals surface area (Å²) >= 11 is 0. The van der Waals surface area contributed by atoms with Crippen LogP contribution >= 0.6 is 0 Å². The molecule has 0 fully saturated rings. The van der Waals surface area contributed by atoms with Crippen LogP contribution in [0.25, 0.3) is 43.8 Å². The van der Waals surface area contributed by atoms with Gasteiger partial charge in [-0.3, -0.25) is 0 Å². The van der Waals surface area contributed by atoms with E-state index in [0.29, 0.717) is 0 Å².